The minimum absolute atomic E-state index is 0.0131. The molecule has 2 aliphatic heterocycles. The van der Waals surface area contributed by atoms with Gasteiger partial charge < -0.3 is 25.4 Å². The van der Waals surface area contributed by atoms with Crippen LogP contribution >= 0.6 is 11.6 Å². The molecule has 4 rings (SSSR count). The van der Waals surface area contributed by atoms with Crippen molar-refractivity contribution in [1.82, 2.24) is 0 Å². The van der Waals surface area contributed by atoms with Crippen molar-refractivity contribution in [3.05, 3.63) is 58.3 Å². The standard InChI is InChI=1S/C19H20ClN4O3/c1-3-27-19-16(11-4-7-13(8-5-11)24(25)26)17-18(22-19)21-14-9-6-12(20)10-15(14)23(17)2/h4-10,16-18,21,25H,3H2,1-2H3/q-1. The van der Waals surface area contributed by atoms with Gasteiger partial charge in [0, 0.05) is 12.1 Å². The Labute approximate surface area is 162 Å². The molecule has 3 atom stereocenters. The summed E-state index contributed by atoms with van der Waals surface area (Å²) in [6.45, 7) is 2.44. The van der Waals surface area contributed by atoms with Gasteiger partial charge in [0.2, 0.25) is 0 Å². The molecule has 0 aliphatic carbocycles. The van der Waals surface area contributed by atoms with Crippen LogP contribution in [0.2, 0.25) is 5.02 Å². The summed E-state index contributed by atoms with van der Waals surface area (Å²) in [7, 11) is 2.02. The number of nitrogens with zero attached hydrogens (tertiary/aromatic N) is 3. The lowest BCUT2D eigenvalue weighted by Gasteiger charge is -2.40. The fourth-order valence-electron chi connectivity index (χ4n) is 3.84. The molecule has 0 amide bonds. The average Bonchev–Trinajstić information content (AvgIpc) is 3.01. The predicted molar refractivity (Wildman–Crippen MR) is 107 cm³/mol. The van der Waals surface area contributed by atoms with Gasteiger partial charge in [-0.25, -0.2) is 4.99 Å². The Morgan fingerprint density at radius 3 is 2.70 bits per heavy atom. The third-order valence-electron chi connectivity index (χ3n) is 5.05. The fraction of sp³-hybridized carbons (Fsp3) is 0.316. The lowest BCUT2D eigenvalue weighted by atomic mass is 9.89. The number of aliphatic imine (C=N–C) groups is 1. The highest BCUT2D eigenvalue weighted by molar-refractivity contribution is 6.31. The molecule has 8 heteroatoms. The van der Waals surface area contributed by atoms with E-state index in [9.17, 15) is 5.21 Å². The fourth-order valence-corrected chi connectivity index (χ4v) is 4.00. The number of hydrogen-bond donors (Lipinski definition) is 2. The maximum absolute atomic E-state index is 11.1. The van der Waals surface area contributed by atoms with Crippen LogP contribution < -0.4 is 15.4 Å². The molecule has 0 radical (unpaired) electrons. The van der Waals surface area contributed by atoms with E-state index in [0.29, 0.717) is 17.5 Å². The molecule has 142 valence electrons. The normalized spacial score (nSPS) is 23.2. The van der Waals surface area contributed by atoms with Gasteiger partial charge >= 0.3 is 0 Å². The molecule has 0 fully saturated rings. The van der Waals surface area contributed by atoms with Crippen LogP contribution in [0, 0.1) is 5.21 Å². The zero-order chi connectivity index (χ0) is 19.1. The molecule has 0 saturated heterocycles. The molecule has 3 unspecified atom stereocenters. The summed E-state index contributed by atoms with van der Waals surface area (Å²) < 4.78 is 5.85. The molecule has 7 nitrogen and oxygen atoms in total. The van der Waals surface area contributed by atoms with Gasteiger partial charge in [-0.1, -0.05) is 23.7 Å². The first-order chi connectivity index (χ1) is 13.0. The monoisotopic (exact) mass is 387 g/mol. The van der Waals surface area contributed by atoms with E-state index < -0.39 is 0 Å². The first-order valence-corrected chi connectivity index (χ1v) is 9.13. The number of fused-ring (bicyclic) bond motifs is 2. The van der Waals surface area contributed by atoms with Crippen molar-refractivity contribution in [2.24, 2.45) is 4.99 Å². The zero-order valence-corrected chi connectivity index (χ0v) is 15.7. The van der Waals surface area contributed by atoms with E-state index in [0.717, 1.165) is 16.9 Å². The molecule has 0 bridgehead atoms. The van der Waals surface area contributed by atoms with E-state index in [-0.39, 0.29) is 29.0 Å². The van der Waals surface area contributed by atoms with E-state index in [1.165, 1.54) is 0 Å². The Balaban J connectivity index is 1.74. The van der Waals surface area contributed by atoms with Crippen molar-refractivity contribution in [1.29, 1.82) is 0 Å². The van der Waals surface area contributed by atoms with Gasteiger partial charge in [0.1, 0.15) is 6.17 Å². The second kappa shape index (κ2) is 6.92. The number of anilines is 3. The van der Waals surface area contributed by atoms with Crippen LogP contribution in [0.3, 0.4) is 0 Å². The summed E-state index contributed by atoms with van der Waals surface area (Å²) in [6.07, 6.45) is -0.163. The first kappa shape index (κ1) is 17.9. The van der Waals surface area contributed by atoms with E-state index in [2.05, 4.69) is 10.2 Å². The van der Waals surface area contributed by atoms with Crippen molar-refractivity contribution in [2.75, 3.05) is 29.1 Å². The lowest BCUT2D eigenvalue weighted by Crippen LogP contribution is -2.49. The SMILES string of the molecule is CCOC1=NC2Nc3ccc(Cl)cc3N(C)C2C1c1ccc(N([O-])O)cc1. The van der Waals surface area contributed by atoms with Gasteiger partial charge in [-0.2, -0.15) is 0 Å². The Morgan fingerprint density at radius 1 is 1.30 bits per heavy atom. The number of nitrogens with one attached hydrogen (secondary N) is 1. The van der Waals surface area contributed by atoms with Crippen molar-refractivity contribution in [2.45, 2.75) is 25.0 Å². The van der Waals surface area contributed by atoms with E-state index in [1.807, 2.05) is 44.3 Å². The number of rotatable bonds is 3. The second-order valence-electron chi connectivity index (χ2n) is 6.59. The number of ether oxygens (including phenoxy) is 1. The second-order valence-corrected chi connectivity index (χ2v) is 7.03. The molecule has 0 spiro atoms. The highest BCUT2D eigenvalue weighted by Crippen LogP contribution is 2.43. The van der Waals surface area contributed by atoms with Crippen LogP contribution in [0.5, 0.6) is 0 Å². The van der Waals surface area contributed by atoms with Crippen molar-refractivity contribution >= 4 is 34.6 Å². The van der Waals surface area contributed by atoms with Gasteiger partial charge in [0.25, 0.3) is 0 Å². The van der Waals surface area contributed by atoms with Crippen LogP contribution in [0.15, 0.2) is 47.5 Å². The quantitative estimate of drug-likeness (QED) is 0.779. The van der Waals surface area contributed by atoms with E-state index >= 15 is 0 Å². The maximum Gasteiger partial charge on any atom is 0.195 e. The highest BCUT2D eigenvalue weighted by Gasteiger charge is 2.46. The van der Waals surface area contributed by atoms with Crippen LogP contribution in [0.4, 0.5) is 17.1 Å². The predicted octanol–water partition coefficient (Wildman–Crippen LogP) is 3.82. The van der Waals surface area contributed by atoms with Crippen molar-refractivity contribution in [3.63, 3.8) is 0 Å². The van der Waals surface area contributed by atoms with Gasteiger partial charge in [-0.05, 0) is 42.8 Å². The van der Waals surface area contributed by atoms with E-state index in [4.69, 9.17) is 26.5 Å². The summed E-state index contributed by atoms with van der Waals surface area (Å²) in [6, 6.07) is 12.5. The largest absolute Gasteiger partial charge is 0.733 e. The summed E-state index contributed by atoms with van der Waals surface area (Å²) in [5.41, 5.74) is 3.11. The Kier molecular flexibility index (Phi) is 4.59. The van der Waals surface area contributed by atoms with Crippen LogP contribution in [0.25, 0.3) is 0 Å². The third kappa shape index (κ3) is 3.07. The Bertz CT molecular complexity index is 872. The molecular weight excluding hydrogens is 368 g/mol. The van der Waals surface area contributed by atoms with Crippen LogP contribution in [-0.2, 0) is 4.74 Å². The highest BCUT2D eigenvalue weighted by atomic mass is 35.5. The van der Waals surface area contributed by atoms with Crippen LogP contribution in [0.1, 0.15) is 18.4 Å². The summed E-state index contributed by atoms with van der Waals surface area (Å²) in [4.78, 5) is 6.94. The molecule has 2 aromatic rings. The summed E-state index contributed by atoms with van der Waals surface area (Å²) >= 11 is 6.20. The van der Waals surface area contributed by atoms with Gasteiger partial charge in [0.05, 0.1) is 35.6 Å². The lowest BCUT2D eigenvalue weighted by molar-refractivity contribution is 0.296. The molecule has 2 N–H and O–H groups in total. The van der Waals surface area contributed by atoms with Gasteiger partial charge in [-0.15, -0.1) is 0 Å². The molecule has 27 heavy (non-hydrogen) atoms. The van der Waals surface area contributed by atoms with Gasteiger partial charge in [-0.3, -0.25) is 5.21 Å². The molecule has 2 heterocycles. The molecule has 2 aromatic carbocycles. The first-order valence-electron chi connectivity index (χ1n) is 8.75. The number of halogens is 1. The summed E-state index contributed by atoms with van der Waals surface area (Å²) in [5.74, 6) is 0.536. The number of likely N-dealkylation sites (N-methyl/N-ethyl adjacent to an activating group) is 1. The molecular formula is C19H20ClN4O3-. The average molecular weight is 388 g/mol. The Hall–Kier alpha value is -2.48. The van der Waals surface area contributed by atoms with Gasteiger partial charge in [0.15, 0.2) is 5.90 Å². The summed E-state index contributed by atoms with van der Waals surface area (Å²) in [5, 5.41) is 24.2. The third-order valence-corrected chi connectivity index (χ3v) is 5.29. The van der Waals surface area contributed by atoms with Crippen LogP contribution in [-0.4, -0.2) is 37.0 Å². The van der Waals surface area contributed by atoms with Crippen molar-refractivity contribution < 1.29 is 9.94 Å². The molecule has 0 aromatic heterocycles. The maximum atomic E-state index is 11.1. The van der Waals surface area contributed by atoms with Crippen molar-refractivity contribution in [3.8, 4) is 0 Å². The minimum atomic E-state index is -0.163. The number of benzene rings is 2. The van der Waals surface area contributed by atoms with E-state index in [1.54, 1.807) is 12.1 Å². The Morgan fingerprint density at radius 2 is 2.04 bits per heavy atom. The molecule has 0 saturated carbocycles. The smallest absolute Gasteiger partial charge is 0.195 e. The number of hydrogen-bond acceptors (Lipinski definition) is 7. The molecule has 2 aliphatic rings. The minimum Gasteiger partial charge on any atom is -0.733 e. The zero-order valence-electron chi connectivity index (χ0n) is 15.0. The topological polar surface area (TPSA) is 83.4 Å².